The average molecular weight is 615 g/mol. The lowest BCUT2D eigenvalue weighted by Gasteiger charge is -2.33. The molecule has 0 saturated heterocycles. The summed E-state index contributed by atoms with van der Waals surface area (Å²) in [4.78, 5) is 0. The Bertz CT molecular complexity index is 1100. The van der Waals surface area contributed by atoms with Gasteiger partial charge in [-0.3, -0.25) is 0 Å². The molecule has 0 heterocycles. The summed E-state index contributed by atoms with van der Waals surface area (Å²) >= 11 is 0. The van der Waals surface area contributed by atoms with Crippen LogP contribution in [-0.2, 0) is 19.3 Å². The Morgan fingerprint density at radius 1 is 0.400 bits per heavy atom. The highest BCUT2D eigenvalue weighted by Gasteiger charge is 2.32. The van der Waals surface area contributed by atoms with Crippen molar-refractivity contribution in [3.05, 3.63) is 70.8 Å². The molecule has 0 spiro atoms. The predicted molar refractivity (Wildman–Crippen MR) is 201 cm³/mol. The second-order valence-corrected chi connectivity index (χ2v) is 19.4. The molecule has 1 atom stereocenters. The van der Waals surface area contributed by atoms with Gasteiger partial charge in [-0.1, -0.05) is 164 Å². The normalized spacial score (nSPS) is 21.0. The van der Waals surface area contributed by atoms with Gasteiger partial charge in [0.05, 0.1) is 0 Å². The Balaban J connectivity index is 0.000000166. The molecule has 0 N–H and O–H groups in total. The largest absolute Gasteiger partial charge is 0.0620 e. The summed E-state index contributed by atoms with van der Waals surface area (Å²) in [5.41, 5.74) is 8.34. The maximum absolute atomic E-state index is 2.38. The molecule has 2 aromatic carbocycles. The van der Waals surface area contributed by atoms with Crippen molar-refractivity contribution in [3.63, 3.8) is 0 Å². The molecule has 0 heteroatoms. The lowest BCUT2D eigenvalue weighted by Crippen LogP contribution is -2.22. The third kappa shape index (κ3) is 11.9. The molecule has 254 valence electrons. The van der Waals surface area contributed by atoms with E-state index in [9.17, 15) is 0 Å². The minimum atomic E-state index is 0.423. The fraction of sp³-hybridized carbons (Fsp3) is 0.733. The maximum Gasteiger partial charge on any atom is -0.0107 e. The molecule has 2 aromatic rings. The number of hydrogen-bond donors (Lipinski definition) is 0. The van der Waals surface area contributed by atoms with Gasteiger partial charge in [0, 0.05) is 0 Å². The summed E-state index contributed by atoms with van der Waals surface area (Å²) in [7, 11) is 0. The van der Waals surface area contributed by atoms with Crippen LogP contribution in [0.4, 0.5) is 0 Å². The van der Waals surface area contributed by atoms with Gasteiger partial charge in [0.25, 0.3) is 0 Å². The van der Waals surface area contributed by atoms with E-state index in [0.29, 0.717) is 21.7 Å². The quantitative estimate of drug-likeness (QED) is 0.277. The SMILES string of the molecule is CC(C)(C)C1CCCC1.CC(C)(C)C1CCCCC1.CC(C)(C)C1CCc2ccccc21.CC(C)(C)C1Cc2ccccc2C1. The van der Waals surface area contributed by atoms with Crippen molar-refractivity contribution in [2.45, 2.75) is 172 Å². The molecule has 0 bridgehead atoms. The Morgan fingerprint density at radius 2 is 0.778 bits per heavy atom. The number of fused-ring (bicyclic) bond motifs is 2. The van der Waals surface area contributed by atoms with Gasteiger partial charge in [0.15, 0.2) is 0 Å². The van der Waals surface area contributed by atoms with E-state index < -0.39 is 0 Å². The smallest absolute Gasteiger partial charge is 0.0107 e. The third-order valence-electron chi connectivity index (χ3n) is 11.9. The van der Waals surface area contributed by atoms with Gasteiger partial charge in [0.2, 0.25) is 0 Å². The summed E-state index contributed by atoms with van der Waals surface area (Å²) in [6.07, 6.45) is 18.4. The zero-order valence-electron chi connectivity index (χ0n) is 32.1. The summed E-state index contributed by atoms with van der Waals surface area (Å²) in [5, 5.41) is 0. The van der Waals surface area contributed by atoms with Gasteiger partial charge in [-0.15, -0.1) is 0 Å². The van der Waals surface area contributed by atoms with Crippen LogP contribution in [0.3, 0.4) is 0 Å². The van der Waals surface area contributed by atoms with Crippen LogP contribution >= 0.6 is 0 Å². The molecule has 4 aliphatic carbocycles. The second kappa shape index (κ2) is 16.0. The molecule has 2 fully saturated rings. The first-order chi connectivity index (χ1) is 20.9. The second-order valence-electron chi connectivity index (χ2n) is 19.4. The molecule has 0 nitrogen and oxygen atoms in total. The number of aryl methyl sites for hydroxylation is 1. The molecular weight excluding hydrogens is 540 g/mol. The highest BCUT2D eigenvalue weighted by molar-refractivity contribution is 5.36. The third-order valence-corrected chi connectivity index (χ3v) is 11.9. The molecule has 4 aliphatic rings. The summed E-state index contributed by atoms with van der Waals surface area (Å²) in [5.74, 6) is 3.62. The van der Waals surface area contributed by atoms with Crippen molar-refractivity contribution in [2.75, 3.05) is 0 Å². The van der Waals surface area contributed by atoms with E-state index in [1.807, 2.05) is 0 Å². The molecule has 45 heavy (non-hydrogen) atoms. The van der Waals surface area contributed by atoms with Crippen molar-refractivity contribution >= 4 is 0 Å². The first kappa shape index (κ1) is 37.9. The van der Waals surface area contributed by atoms with E-state index in [4.69, 9.17) is 0 Å². The minimum Gasteiger partial charge on any atom is -0.0620 e. The van der Waals surface area contributed by atoms with Crippen LogP contribution in [0.5, 0.6) is 0 Å². The molecule has 1 unspecified atom stereocenters. The van der Waals surface area contributed by atoms with Crippen LogP contribution in [0.2, 0.25) is 0 Å². The summed E-state index contributed by atoms with van der Waals surface area (Å²) < 4.78 is 0. The molecule has 2 saturated carbocycles. The predicted octanol–water partition coefficient (Wildman–Crippen LogP) is 14.0. The lowest BCUT2D eigenvalue weighted by atomic mass is 9.72. The summed E-state index contributed by atoms with van der Waals surface area (Å²) in [6, 6.07) is 17.8. The molecule has 0 aromatic heterocycles. The Morgan fingerprint density at radius 3 is 1.16 bits per heavy atom. The zero-order chi connectivity index (χ0) is 33.5. The Hall–Kier alpha value is -1.56. The van der Waals surface area contributed by atoms with E-state index in [1.165, 1.54) is 83.5 Å². The fourth-order valence-electron chi connectivity index (χ4n) is 8.39. The first-order valence-corrected chi connectivity index (χ1v) is 19.0. The standard InChI is InChI=1S/2C13H18.C10H20.C9H18/c1-13(2,3)12-8-10-6-4-5-7-11(10)9-12;1-13(2,3)12-9-8-10-6-4-5-7-11(10)12;1-10(2,3)9-7-5-4-6-8-9;1-9(2,3)8-6-4-5-7-8/h2*4-7,12H,8-9H2,1-3H3;9H,4-8H2,1-3H3;8H,4-7H2,1-3H3. The molecule has 6 rings (SSSR count). The van der Waals surface area contributed by atoms with E-state index >= 15 is 0 Å². The van der Waals surface area contributed by atoms with Gasteiger partial charge in [0.1, 0.15) is 0 Å². The fourth-order valence-corrected chi connectivity index (χ4v) is 8.39. The van der Waals surface area contributed by atoms with Crippen molar-refractivity contribution in [2.24, 2.45) is 39.4 Å². The number of hydrogen-bond acceptors (Lipinski definition) is 0. The van der Waals surface area contributed by atoms with Crippen LogP contribution in [0, 0.1) is 39.4 Å². The number of rotatable bonds is 0. The van der Waals surface area contributed by atoms with Crippen molar-refractivity contribution in [3.8, 4) is 0 Å². The Labute approximate surface area is 282 Å². The molecule has 0 radical (unpaired) electrons. The van der Waals surface area contributed by atoms with E-state index in [2.05, 4.69) is 132 Å². The average Bonchev–Trinajstić information content (AvgIpc) is 3.73. The van der Waals surface area contributed by atoms with E-state index in [1.54, 1.807) is 22.3 Å². The van der Waals surface area contributed by atoms with Crippen LogP contribution < -0.4 is 0 Å². The maximum atomic E-state index is 2.38. The van der Waals surface area contributed by atoms with Gasteiger partial charge >= 0.3 is 0 Å². The van der Waals surface area contributed by atoms with Crippen LogP contribution in [0.15, 0.2) is 48.5 Å². The van der Waals surface area contributed by atoms with Gasteiger partial charge in [-0.25, -0.2) is 0 Å². The minimum absolute atomic E-state index is 0.423. The molecule has 0 amide bonds. The van der Waals surface area contributed by atoms with Gasteiger partial charge < -0.3 is 0 Å². The van der Waals surface area contributed by atoms with E-state index in [-0.39, 0.29) is 0 Å². The lowest BCUT2D eigenvalue weighted by molar-refractivity contribution is 0.180. The molecular formula is C45H74. The van der Waals surface area contributed by atoms with Gasteiger partial charge in [-0.2, -0.15) is 0 Å². The highest BCUT2D eigenvalue weighted by Crippen LogP contribution is 2.44. The number of benzene rings is 2. The van der Waals surface area contributed by atoms with Crippen LogP contribution in [0.1, 0.15) is 175 Å². The monoisotopic (exact) mass is 615 g/mol. The first-order valence-electron chi connectivity index (χ1n) is 19.0. The van der Waals surface area contributed by atoms with E-state index in [0.717, 1.165) is 23.7 Å². The van der Waals surface area contributed by atoms with Gasteiger partial charge in [-0.05, 0) is 119 Å². The van der Waals surface area contributed by atoms with Crippen LogP contribution in [-0.4, -0.2) is 0 Å². The zero-order valence-corrected chi connectivity index (χ0v) is 32.1. The topological polar surface area (TPSA) is 0 Å². The van der Waals surface area contributed by atoms with Crippen molar-refractivity contribution in [1.29, 1.82) is 0 Å². The highest BCUT2D eigenvalue weighted by atomic mass is 14.4. The summed E-state index contributed by atoms with van der Waals surface area (Å²) in [6.45, 7) is 28.3. The van der Waals surface area contributed by atoms with Crippen LogP contribution in [0.25, 0.3) is 0 Å². The van der Waals surface area contributed by atoms with Crippen molar-refractivity contribution < 1.29 is 0 Å². The van der Waals surface area contributed by atoms with Crippen molar-refractivity contribution in [1.82, 2.24) is 0 Å². The Kier molecular flexibility index (Phi) is 13.5. The molecule has 0 aliphatic heterocycles.